The van der Waals surface area contributed by atoms with Crippen molar-refractivity contribution in [3.63, 3.8) is 0 Å². The van der Waals surface area contributed by atoms with Gasteiger partial charge in [0.05, 0.1) is 4.90 Å². The summed E-state index contributed by atoms with van der Waals surface area (Å²) in [5, 5.41) is 9.50. The number of halogens is 1. The number of hydrogen-bond acceptors (Lipinski definition) is 5. The molecule has 0 aromatic heterocycles. The van der Waals surface area contributed by atoms with E-state index >= 15 is 0 Å². The van der Waals surface area contributed by atoms with Crippen LogP contribution in [0.4, 0.5) is 0 Å². The fraction of sp³-hybridized carbons (Fsp3) is 0.111. The predicted molar refractivity (Wildman–Crippen MR) is 61.1 cm³/mol. The van der Waals surface area contributed by atoms with E-state index in [0.29, 0.717) is 5.02 Å². The van der Waals surface area contributed by atoms with Gasteiger partial charge in [0.2, 0.25) is 9.84 Å². The van der Waals surface area contributed by atoms with Crippen molar-refractivity contribution >= 4 is 21.4 Å². The molecule has 5 N–H and O–H groups in total. The van der Waals surface area contributed by atoms with Gasteiger partial charge in [0.25, 0.3) is 0 Å². The summed E-state index contributed by atoms with van der Waals surface area (Å²) in [6, 6.07) is 5.46. The smallest absolute Gasteiger partial charge is 0.208 e. The van der Waals surface area contributed by atoms with Crippen LogP contribution in [0.25, 0.3) is 0 Å². The van der Waals surface area contributed by atoms with Gasteiger partial charge in [0.15, 0.2) is 0 Å². The summed E-state index contributed by atoms with van der Waals surface area (Å²) in [6.45, 7) is 0. The highest BCUT2D eigenvalue weighted by Gasteiger charge is 2.24. The van der Waals surface area contributed by atoms with Gasteiger partial charge >= 0.3 is 0 Å². The molecule has 0 aliphatic rings. The Kier molecular flexibility index (Phi) is 3.93. The maximum Gasteiger partial charge on any atom is 0.208 e. The van der Waals surface area contributed by atoms with Crippen molar-refractivity contribution in [2.24, 2.45) is 11.5 Å². The van der Waals surface area contributed by atoms with Crippen LogP contribution in [0.2, 0.25) is 5.02 Å². The number of aliphatic hydroxyl groups excluding tert-OH is 1. The molecular weight excluding hydrogens is 252 g/mol. The second-order valence-corrected chi connectivity index (χ2v) is 5.36. The summed E-state index contributed by atoms with van der Waals surface area (Å²) in [6.07, 6.45) is -0.875. The first-order chi connectivity index (χ1) is 7.39. The summed E-state index contributed by atoms with van der Waals surface area (Å²) in [7, 11) is -3.86. The zero-order valence-corrected chi connectivity index (χ0v) is 9.74. The zero-order valence-electron chi connectivity index (χ0n) is 8.17. The molecule has 0 amide bonds. The molecule has 0 saturated carbocycles. The van der Waals surface area contributed by atoms with E-state index in [1.807, 2.05) is 0 Å². The third-order valence-corrected chi connectivity index (χ3v) is 4.03. The fourth-order valence-electron chi connectivity index (χ4n) is 1.10. The van der Waals surface area contributed by atoms with Crippen molar-refractivity contribution in [2.45, 2.75) is 11.1 Å². The first-order valence-corrected chi connectivity index (χ1v) is 6.12. The summed E-state index contributed by atoms with van der Waals surface area (Å²) < 4.78 is 23.8. The van der Waals surface area contributed by atoms with E-state index in [4.69, 9.17) is 28.2 Å². The van der Waals surface area contributed by atoms with Gasteiger partial charge in [-0.25, -0.2) is 8.42 Å². The normalized spacial score (nSPS) is 14.8. The van der Waals surface area contributed by atoms with Crippen LogP contribution in [-0.2, 0) is 9.84 Å². The van der Waals surface area contributed by atoms with Gasteiger partial charge in [-0.1, -0.05) is 11.6 Å². The molecule has 5 nitrogen and oxygen atoms in total. The van der Waals surface area contributed by atoms with Crippen molar-refractivity contribution in [3.8, 4) is 0 Å². The molecule has 1 rings (SSSR count). The third kappa shape index (κ3) is 2.53. The lowest BCUT2D eigenvalue weighted by atomic mass is 10.4. The molecule has 0 fully saturated rings. The summed E-state index contributed by atoms with van der Waals surface area (Å²) >= 11 is 5.63. The number of benzene rings is 1. The molecule has 88 valence electrons. The molecule has 1 aromatic carbocycles. The highest BCUT2D eigenvalue weighted by Crippen LogP contribution is 2.21. The van der Waals surface area contributed by atoms with Crippen LogP contribution in [0, 0.1) is 0 Å². The number of hydrogen-bond donors (Lipinski definition) is 3. The monoisotopic (exact) mass is 262 g/mol. The zero-order chi connectivity index (χ0) is 12.3. The first-order valence-electron chi connectivity index (χ1n) is 4.25. The Labute approximate surface area is 98.2 Å². The SMILES string of the molecule is N/C=C(\[C@@H](N)O)S(=O)(=O)c1ccc(Cl)cc1. The maximum absolute atomic E-state index is 11.9. The molecule has 1 atom stereocenters. The van der Waals surface area contributed by atoms with E-state index in [-0.39, 0.29) is 4.90 Å². The Bertz CT molecular complexity index is 494. The molecule has 0 unspecified atom stereocenters. The number of aliphatic hydroxyl groups is 1. The predicted octanol–water partition coefficient (Wildman–Crippen LogP) is 0.191. The number of sulfone groups is 1. The molecule has 0 bridgehead atoms. The second-order valence-electron chi connectivity index (χ2n) is 2.97. The van der Waals surface area contributed by atoms with Crippen LogP contribution < -0.4 is 11.5 Å². The number of rotatable bonds is 3. The van der Waals surface area contributed by atoms with Crippen LogP contribution in [-0.4, -0.2) is 19.8 Å². The van der Waals surface area contributed by atoms with Crippen LogP contribution in [0.5, 0.6) is 0 Å². The van der Waals surface area contributed by atoms with E-state index < -0.39 is 21.0 Å². The van der Waals surface area contributed by atoms with Crippen molar-refractivity contribution in [1.82, 2.24) is 0 Å². The standard InChI is InChI=1S/C9H11ClN2O3S/c10-6-1-3-7(4-2-6)16(14,15)8(5-11)9(12)13/h1-5,9,13H,11-12H2/b8-5+/t9-/m0/s1. The molecule has 0 aliphatic heterocycles. The van der Waals surface area contributed by atoms with Gasteiger partial charge in [0.1, 0.15) is 11.1 Å². The Morgan fingerprint density at radius 1 is 1.38 bits per heavy atom. The van der Waals surface area contributed by atoms with Gasteiger partial charge in [-0.05, 0) is 24.3 Å². The van der Waals surface area contributed by atoms with E-state index in [1.165, 1.54) is 24.3 Å². The largest absolute Gasteiger partial charge is 0.404 e. The fourth-order valence-corrected chi connectivity index (χ4v) is 2.49. The van der Waals surface area contributed by atoms with Crippen molar-refractivity contribution in [3.05, 3.63) is 40.4 Å². The van der Waals surface area contributed by atoms with E-state index in [9.17, 15) is 8.42 Å². The summed E-state index contributed by atoms with van der Waals surface area (Å²) in [5.74, 6) is 0. The average Bonchev–Trinajstić information content (AvgIpc) is 2.18. The highest BCUT2D eigenvalue weighted by molar-refractivity contribution is 7.95. The molecule has 0 radical (unpaired) electrons. The van der Waals surface area contributed by atoms with Gasteiger partial charge in [0, 0.05) is 11.2 Å². The van der Waals surface area contributed by atoms with Crippen molar-refractivity contribution in [1.29, 1.82) is 0 Å². The third-order valence-electron chi connectivity index (χ3n) is 1.89. The number of nitrogens with two attached hydrogens (primary N) is 2. The average molecular weight is 263 g/mol. The molecule has 0 spiro atoms. The van der Waals surface area contributed by atoms with Crippen LogP contribution in [0.1, 0.15) is 0 Å². The van der Waals surface area contributed by atoms with Gasteiger partial charge in [-0.15, -0.1) is 0 Å². The Morgan fingerprint density at radius 3 is 2.25 bits per heavy atom. The first kappa shape index (κ1) is 13.0. The van der Waals surface area contributed by atoms with E-state index in [2.05, 4.69) is 0 Å². The summed E-state index contributed by atoms with van der Waals surface area (Å²) in [4.78, 5) is -0.479. The second kappa shape index (κ2) is 4.84. The van der Waals surface area contributed by atoms with Gasteiger partial charge in [-0.3, -0.25) is 0 Å². The summed E-state index contributed by atoms with van der Waals surface area (Å²) in [5.41, 5.74) is 10.2. The quantitative estimate of drug-likeness (QED) is 0.674. The topological polar surface area (TPSA) is 106 Å². The minimum atomic E-state index is -3.86. The van der Waals surface area contributed by atoms with Gasteiger partial charge < -0.3 is 16.6 Å². The lowest BCUT2D eigenvalue weighted by Crippen LogP contribution is -2.27. The molecule has 1 aromatic rings. The molecular formula is C9H11ClN2O3S. The van der Waals surface area contributed by atoms with Gasteiger partial charge in [-0.2, -0.15) is 0 Å². The Morgan fingerprint density at radius 2 is 1.88 bits per heavy atom. The molecule has 0 saturated heterocycles. The molecule has 0 aliphatic carbocycles. The Balaban J connectivity index is 3.27. The van der Waals surface area contributed by atoms with E-state index in [0.717, 1.165) is 6.20 Å². The van der Waals surface area contributed by atoms with Crippen LogP contribution in [0.15, 0.2) is 40.3 Å². The van der Waals surface area contributed by atoms with Crippen LogP contribution >= 0.6 is 11.6 Å². The van der Waals surface area contributed by atoms with Crippen molar-refractivity contribution in [2.75, 3.05) is 0 Å². The molecule has 16 heavy (non-hydrogen) atoms. The van der Waals surface area contributed by atoms with Crippen LogP contribution in [0.3, 0.4) is 0 Å². The minimum Gasteiger partial charge on any atom is -0.404 e. The lowest BCUT2D eigenvalue weighted by molar-refractivity contribution is 0.226. The van der Waals surface area contributed by atoms with E-state index in [1.54, 1.807) is 0 Å². The molecule has 0 heterocycles. The lowest BCUT2D eigenvalue weighted by Gasteiger charge is -2.10. The minimum absolute atomic E-state index is 0.0295. The van der Waals surface area contributed by atoms with Crippen molar-refractivity contribution < 1.29 is 13.5 Å². The Hall–Kier alpha value is -1.08. The molecule has 7 heteroatoms. The maximum atomic E-state index is 11.9. The highest BCUT2D eigenvalue weighted by atomic mass is 35.5.